The molecule has 1 heterocycles. The Morgan fingerprint density at radius 1 is 1.22 bits per heavy atom. The van der Waals surface area contributed by atoms with E-state index in [0.29, 0.717) is 18.8 Å². The van der Waals surface area contributed by atoms with E-state index in [1.54, 1.807) is 5.38 Å². The molecule has 3 N–H and O–H groups in total. The number of benzene rings is 1. The lowest BCUT2D eigenvalue weighted by molar-refractivity contribution is 0.0949. The maximum absolute atomic E-state index is 12.0. The van der Waals surface area contributed by atoms with E-state index in [4.69, 9.17) is 5.73 Å². The second-order valence-electron chi connectivity index (χ2n) is 6.62. The van der Waals surface area contributed by atoms with Gasteiger partial charge in [-0.3, -0.25) is 4.79 Å². The molecule has 0 aliphatic carbocycles. The normalized spacial score (nSPS) is 11.5. The van der Waals surface area contributed by atoms with Crippen LogP contribution in [0.2, 0.25) is 0 Å². The molecule has 4 nitrogen and oxygen atoms in total. The summed E-state index contributed by atoms with van der Waals surface area (Å²) in [6.07, 6.45) is 1.54. The van der Waals surface area contributed by atoms with Crippen molar-refractivity contribution in [3.63, 3.8) is 0 Å². The van der Waals surface area contributed by atoms with Crippen molar-refractivity contribution in [3.8, 4) is 0 Å². The molecule has 0 aliphatic heterocycles. The molecule has 0 fully saturated rings. The molecule has 0 unspecified atom stereocenters. The van der Waals surface area contributed by atoms with Gasteiger partial charge in [-0.15, -0.1) is 11.3 Å². The summed E-state index contributed by atoms with van der Waals surface area (Å²) in [5.41, 5.74) is 8.69. The predicted octanol–water partition coefficient (Wildman–Crippen LogP) is 2.91. The number of aromatic nitrogens is 1. The summed E-state index contributed by atoms with van der Waals surface area (Å²) in [5.74, 6) is -0.115. The second kappa shape index (κ2) is 7.70. The number of hydrogen-bond acceptors (Lipinski definition) is 4. The van der Waals surface area contributed by atoms with Crippen molar-refractivity contribution in [1.82, 2.24) is 10.3 Å². The number of rotatable bonds is 6. The summed E-state index contributed by atoms with van der Waals surface area (Å²) in [5, 5.41) is 5.62. The van der Waals surface area contributed by atoms with Crippen LogP contribution in [0.5, 0.6) is 0 Å². The first-order valence-electron chi connectivity index (χ1n) is 7.92. The highest BCUT2D eigenvalue weighted by Gasteiger charge is 2.13. The average Bonchev–Trinajstić information content (AvgIpc) is 2.96. The first kappa shape index (κ1) is 17.6. The molecule has 0 saturated heterocycles. The highest BCUT2D eigenvalue weighted by atomic mass is 32.1. The topological polar surface area (TPSA) is 68.0 Å². The summed E-state index contributed by atoms with van der Waals surface area (Å²) in [6, 6.07) is 8.59. The fraction of sp³-hybridized carbons (Fsp3) is 0.444. The minimum Gasteiger partial charge on any atom is -0.350 e. The molecule has 0 bridgehead atoms. The number of hydrogen-bond donors (Lipinski definition) is 2. The lowest BCUT2D eigenvalue weighted by Crippen LogP contribution is -2.26. The van der Waals surface area contributed by atoms with Crippen LogP contribution in [0.3, 0.4) is 0 Å². The van der Waals surface area contributed by atoms with Gasteiger partial charge in [-0.1, -0.05) is 45.0 Å². The maximum atomic E-state index is 12.0. The fourth-order valence-corrected chi connectivity index (χ4v) is 3.03. The first-order valence-corrected chi connectivity index (χ1v) is 8.80. The Balaban J connectivity index is 1.83. The van der Waals surface area contributed by atoms with Gasteiger partial charge < -0.3 is 11.1 Å². The SMILES string of the molecule is CC(C)(C)c1ccc(CCNC(=O)c2csc(CCN)n2)cc1. The molecule has 1 amide bonds. The highest BCUT2D eigenvalue weighted by Crippen LogP contribution is 2.22. The summed E-state index contributed by atoms with van der Waals surface area (Å²) in [4.78, 5) is 16.3. The molecule has 2 aromatic rings. The Bertz CT molecular complexity index is 641. The molecule has 0 saturated carbocycles. The predicted molar refractivity (Wildman–Crippen MR) is 96.1 cm³/mol. The van der Waals surface area contributed by atoms with Gasteiger partial charge in [-0.2, -0.15) is 0 Å². The third-order valence-corrected chi connectivity index (χ3v) is 4.57. The molecule has 1 aromatic carbocycles. The van der Waals surface area contributed by atoms with E-state index >= 15 is 0 Å². The van der Waals surface area contributed by atoms with Gasteiger partial charge in [0.1, 0.15) is 5.69 Å². The van der Waals surface area contributed by atoms with Gasteiger partial charge >= 0.3 is 0 Å². The van der Waals surface area contributed by atoms with Crippen LogP contribution in [0.25, 0.3) is 0 Å². The number of nitrogens with two attached hydrogens (primary N) is 1. The molecule has 0 aliphatic rings. The minimum atomic E-state index is -0.115. The van der Waals surface area contributed by atoms with E-state index < -0.39 is 0 Å². The molecular weight excluding hydrogens is 306 g/mol. The van der Waals surface area contributed by atoms with E-state index in [1.165, 1.54) is 22.5 Å². The molecule has 0 spiro atoms. The van der Waals surface area contributed by atoms with Crippen LogP contribution in [0.15, 0.2) is 29.6 Å². The van der Waals surface area contributed by atoms with Crippen molar-refractivity contribution >= 4 is 17.2 Å². The highest BCUT2D eigenvalue weighted by molar-refractivity contribution is 7.09. The van der Waals surface area contributed by atoms with Gasteiger partial charge in [-0.25, -0.2) is 4.98 Å². The third-order valence-electron chi connectivity index (χ3n) is 3.66. The zero-order chi connectivity index (χ0) is 16.9. The quantitative estimate of drug-likeness (QED) is 0.855. The minimum absolute atomic E-state index is 0.115. The first-order chi connectivity index (χ1) is 10.9. The van der Waals surface area contributed by atoms with Crippen molar-refractivity contribution in [2.45, 2.75) is 39.0 Å². The van der Waals surface area contributed by atoms with Crippen molar-refractivity contribution in [1.29, 1.82) is 0 Å². The van der Waals surface area contributed by atoms with Crippen LogP contribution in [0, 0.1) is 0 Å². The lowest BCUT2D eigenvalue weighted by atomic mass is 9.86. The third kappa shape index (κ3) is 5.15. The van der Waals surface area contributed by atoms with E-state index in [0.717, 1.165) is 17.8 Å². The Hall–Kier alpha value is -1.72. The standard InChI is InChI=1S/C18H25N3OS/c1-18(2,3)14-6-4-13(5-7-14)9-11-20-17(22)15-12-23-16(21-15)8-10-19/h4-7,12H,8-11,19H2,1-3H3,(H,20,22). The molecule has 2 rings (SSSR count). The van der Waals surface area contributed by atoms with Crippen LogP contribution in [-0.2, 0) is 18.3 Å². The number of thiazole rings is 1. The Morgan fingerprint density at radius 3 is 2.52 bits per heavy atom. The zero-order valence-electron chi connectivity index (χ0n) is 14.1. The summed E-state index contributed by atoms with van der Waals surface area (Å²) in [6.45, 7) is 7.77. The molecule has 1 aromatic heterocycles. The van der Waals surface area contributed by atoms with E-state index in [9.17, 15) is 4.79 Å². The van der Waals surface area contributed by atoms with Gasteiger partial charge in [0.05, 0.1) is 5.01 Å². The summed E-state index contributed by atoms with van der Waals surface area (Å²) >= 11 is 1.48. The largest absolute Gasteiger partial charge is 0.350 e. The van der Waals surface area contributed by atoms with Crippen molar-refractivity contribution in [3.05, 3.63) is 51.5 Å². The Labute approximate surface area is 142 Å². The lowest BCUT2D eigenvalue weighted by Gasteiger charge is -2.19. The maximum Gasteiger partial charge on any atom is 0.270 e. The van der Waals surface area contributed by atoms with Crippen molar-refractivity contribution in [2.24, 2.45) is 5.73 Å². The average molecular weight is 331 g/mol. The second-order valence-corrected chi connectivity index (χ2v) is 7.56. The van der Waals surface area contributed by atoms with Crippen LogP contribution >= 0.6 is 11.3 Å². The van der Waals surface area contributed by atoms with Crippen molar-refractivity contribution < 1.29 is 4.79 Å². The number of amides is 1. The molecule has 124 valence electrons. The van der Waals surface area contributed by atoms with Crippen LogP contribution in [-0.4, -0.2) is 24.0 Å². The van der Waals surface area contributed by atoms with Gasteiger partial charge in [0.25, 0.3) is 5.91 Å². The van der Waals surface area contributed by atoms with Gasteiger partial charge in [0.15, 0.2) is 0 Å². The number of carbonyl (C=O) groups is 1. The van der Waals surface area contributed by atoms with Gasteiger partial charge in [0, 0.05) is 18.3 Å². The molecular formula is C18H25N3OS. The number of carbonyl (C=O) groups excluding carboxylic acids is 1. The van der Waals surface area contributed by atoms with Crippen molar-refractivity contribution in [2.75, 3.05) is 13.1 Å². The molecule has 23 heavy (non-hydrogen) atoms. The van der Waals surface area contributed by atoms with Crippen LogP contribution < -0.4 is 11.1 Å². The molecule has 0 atom stereocenters. The molecule has 5 heteroatoms. The monoisotopic (exact) mass is 331 g/mol. The fourth-order valence-electron chi connectivity index (χ4n) is 2.24. The Morgan fingerprint density at radius 2 is 1.91 bits per heavy atom. The van der Waals surface area contributed by atoms with Crippen LogP contribution in [0.4, 0.5) is 0 Å². The smallest absolute Gasteiger partial charge is 0.270 e. The summed E-state index contributed by atoms with van der Waals surface area (Å²) in [7, 11) is 0. The van der Waals surface area contributed by atoms with E-state index in [1.807, 2.05) is 0 Å². The van der Waals surface area contributed by atoms with Gasteiger partial charge in [0.2, 0.25) is 0 Å². The van der Waals surface area contributed by atoms with E-state index in [2.05, 4.69) is 55.3 Å². The number of nitrogens with zero attached hydrogens (tertiary/aromatic N) is 1. The Kier molecular flexibility index (Phi) is 5.91. The molecule has 0 radical (unpaired) electrons. The van der Waals surface area contributed by atoms with Gasteiger partial charge in [-0.05, 0) is 29.5 Å². The van der Waals surface area contributed by atoms with E-state index in [-0.39, 0.29) is 11.3 Å². The zero-order valence-corrected chi connectivity index (χ0v) is 14.9. The summed E-state index contributed by atoms with van der Waals surface area (Å²) < 4.78 is 0. The van der Waals surface area contributed by atoms with Crippen LogP contribution in [0.1, 0.15) is 47.4 Å². The number of nitrogens with one attached hydrogen (secondary N) is 1.